The molecule has 2 N–H and O–H groups in total. The monoisotopic (exact) mass is 488 g/mol. The number of nitrogens with zero attached hydrogens (tertiary/aromatic N) is 2. The lowest BCUT2D eigenvalue weighted by Gasteiger charge is -2.36. The first-order valence-electron chi connectivity index (χ1n) is 12.5. The van der Waals surface area contributed by atoms with Gasteiger partial charge in [0.2, 0.25) is 5.91 Å². The molecule has 3 atom stereocenters. The fraction of sp³-hybridized carbons (Fsp3) is 0.654. The molecule has 1 heterocycles. The number of anilines is 1. The van der Waals surface area contributed by atoms with Crippen LogP contribution in [0.15, 0.2) is 18.2 Å². The molecule has 2 aliphatic rings. The number of hydrogen-bond donors (Lipinski definition) is 2. The highest BCUT2D eigenvalue weighted by Gasteiger charge is 2.33. The van der Waals surface area contributed by atoms with Crippen LogP contribution in [0.4, 0.5) is 10.5 Å². The molecule has 4 amide bonds. The first-order valence-corrected chi connectivity index (χ1v) is 12.5. The molecule has 0 saturated heterocycles. The van der Waals surface area contributed by atoms with Crippen molar-refractivity contribution in [3.8, 4) is 5.75 Å². The van der Waals surface area contributed by atoms with Gasteiger partial charge in [0.25, 0.3) is 5.91 Å². The fourth-order valence-electron chi connectivity index (χ4n) is 4.32. The Morgan fingerprint density at radius 1 is 1.20 bits per heavy atom. The third-order valence-electron chi connectivity index (χ3n) is 6.60. The summed E-state index contributed by atoms with van der Waals surface area (Å²) in [5.41, 5.74) is 0.839. The number of amides is 4. The lowest BCUT2D eigenvalue weighted by atomic mass is 10.0. The highest BCUT2D eigenvalue weighted by Crippen LogP contribution is 2.33. The summed E-state index contributed by atoms with van der Waals surface area (Å²) in [6, 6.07) is 4.50. The molecule has 9 nitrogen and oxygen atoms in total. The van der Waals surface area contributed by atoms with Crippen molar-refractivity contribution in [3.63, 3.8) is 0 Å². The van der Waals surface area contributed by atoms with Gasteiger partial charge in [-0.25, -0.2) is 4.79 Å². The lowest BCUT2D eigenvalue weighted by molar-refractivity contribution is -0.135. The minimum atomic E-state index is -0.346. The van der Waals surface area contributed by atoms with Crippen LogP contribution in [0.5, 0.6) is 5.75 Å². The molecule has 194 valence electrons. The molecule has 1 aromatic carbocycles. The van der Waals surface area contributed by atoms with Crippen LogP contribution >= 0.6 is 0 Å². The number of carbonyl (C=O) groups is 3. The van der Waals surface area contributed by atoms with E-state index in [4.69, 9.17) is 9.47 Å². The zero-order chi connectivity index (χ0) is 25.7. The summed E-state index contributed by atoms with van der Waals surface area (Å²) >= 11 is 0. The van der Waals surface area contributed by atoms with Crippen LogP contribution in [0.25, 0.3) is 0 Å². The largest absolute Gasteiger partial charge is 0.491 e. The lowest BCUT2D eigenvalue weighted by Crippen LogP contribution is -2.48. The number of hydrogen-bond acceptors (Lipinski definition) is 5. The number of nitrogens with one attached hydrogen (secondary N) is 2. The highest BCUT2D eigenvalue weighted by atomic mass is 16.5. The van der Waals surface area contributed by atoms with Gasteiger partial charge in [-0.05, 0) is 57.7 Å². The molecule has 0 radical (unpaired) electrons. The maximum atomic E-state index is 13.4. The number of benzene rings is 1. The molecule has 0 unspecified atom stereocenters. The third kappa shape index (κ3) is 7.34. The molecule has 35 heavy (non-hydrogen) atoms. The maximum Gasteiger partial charge on any atom is 0.319 e. The predicted molar refractivity (Wildman–Crippen MR) is 135 cm³/mol. The Morgan fingerprint density at radius 3 is 2.54 bits per heavy atom. The SMILES string of the molecule is CO[C@@H]1CN(C)C(=O)c2cc(NC(=O)NC(C)C)ccc2OC[C@@H](C)N(C(=O)CC2CC2)C[C@H]1C. The molecule has 0 bridgehead atoms. The molecule has 1 fully saturated rings. The normalized spacial score (nSPS) is 23.6. The first-order chi connectivity index (χ1) is 16.6. The highest BCUT2D eigenvalue weighted by molar-refractivity contribution is 5.99. The average Bonchev–Trinajstić information content (AvgIpc) is 3.61. The molecule has 1 aliphatic heterocycles. The van der Waals surface area contributed by atoms with E-state index < -0.39 is 0 Å². The second-order valence-electron chi connectivity index (χ2n) is 10.3. The van der Waals surface area contributed by atoms with Crippen molar-refractivity contribution >= 4 is 23.5 Å². The Hall–Kier alpha value is -2.81. The van der Waals surface area contributed by atoms with Gasteiger partial charge in [0.1, 0.15) is 12.4 Å². The molecule has 1 aliphatic carbocycles. The Bertz CT molecular complexity index is 917. The standard InChI is InChI=1S/C26H40N4O5/c1-16(2)27-26(33)28-20-9-10-22-21(12-20)25(32)29(5)14-23(34-6)17(3)13-30(18(4)15-35-22)24(31)11-19-7-8-19/h9-10,12,16-19,23H,7-8,11,13-15H2,1-6H3,(H2,27,28,33)/t17-,18-,23-/m1/s1. The Labute approximate surface area is 208 Å². The number of carbonyl (C=O) groups excluding carboxylic acids is 3. The van der Waals surface area contributed by atoms with Crippen LogP contribution in [0.1, 0.15) is 57.3 Å². The summed E-state index contributed by atoms with van der Waals surface area (Å²) in [5.74, 6) is 0.849. The van der Waals surface area contributed by atoms with Crippen molar-refractivity contribution in [2.45, 2.75) is 65.1 Å². The van der Waals surface area contributed by atoms with Crippen molar-refractivity contribution in [3.05, 3.63) is 23.8 Å². The molecular weight excluding hydrogens is 448 g/mol. The Balaban J connectivity index is 1.89. The van der Waals surface area contributed by atoms with E-state index in [-0.39, 0.29) is 48.6 Å². The van der Waals surface area contributed by atoms with Gasteiger partial charge in [-0.15, -0.1) is 0 Å². The summed E-state index contributed by atoms with van der Waals surface area (Å²) in [5, 5.41) is 5.55. The zero-order valence-electron chi connectivity index (χ0n) is 21.8. The Morgan fingerprint density at radius 2 is 1.91 bits per heavy atom. The second-order valence-corrected chi connectivity index (χ2v) is 10.3. The van der Waals surface area contributed by atoms with Gasteiger partial charge in [0.05, 0.1) is 17.7 Å². The average molecular weight is 489 g/mol. The molecule has 1 saturated carbocycles. The van der Waals surface area contributed by atoms with Crippen LogP contribution < -0.4 is 15.4 Å². The number of ether oxygens (including phenoxy) is 2. The summed E-state index contributed by atoms with van der Waals surface area (Å²) < 4.78 is 11.9. The zero-order valence-corrected chi connectivity index (χ0v) is 21.8. The van der Waals surface area contributed by atoms with E-state index in [1.54, 1.807) is 37.3 Å². The van der Waals surface area contributed by atoms with Crippen molar-refractivity contribution < 1.29 is 23.9 Å². The van der Waals surface area contributed by atoms with Crippen LogP contribution in [-0.4, -0.2) is 79.7 Å². The van der Waals surface area contributed by atoms with E-state index >= 15 is 0 Å². The summed E-state index contributed by atoms with van der Waals surface area (Å²) in [6.07, 6.45) is 2.56. The minimum Gasteiger partial charge on any atom is -0.491 e. The van der Waals surface area contributed by atoms with Crippen LogP contribution in [0.2, 0.25) is 0 Å². The summed E-state index contributed by atoms with van der Waals surface area (Å²) in [6.45, 7) is 8.93. The van der Waals surface area contributed by atoms with Crippen molar-refractivity contribution in [1.82, 2.24) is 15.1 Å². The van der Waals surface area contributed by atoms with Gasteiger partial charge in [-0.3, -0.25) is 9.59 Å². The van der Waals surface area contributed by atoms with E-state index in [1.807, 2.05) is 32.6 Å². The third-order valence-corrected chi connectivity index (χ3v) is 6.60. The fourth-order valence-corrected chi connectivity index (χ4v) is 4.32. The second kappa shape index (κ2) is 11.7. The van der Waals surface area contributed by atoms with Crippen molar-refractivity contribution in [2.24, 2.45) is 11.8 Å². The van der Waals surface area contributed by atoms with Gasteiger partial charge in [0, 0.05) is 51.3 Å². The summed E-state index contributed by atoms with van der Waals surface area (Å²) in [7, 11) is 3.36. The van der Waals surface area contributed by atoms with Gasteiger partial charge >= 0.3 is 6.03 Å². The van der Waals surface area contributed by atoms with E-state index in [0.29, 0.717) is 42.4 Å². The number of fused-ring (bicyclic) bond motifs is 1. The van der Waals surface area contributed by atoms with Gasteiger partial charge < -0.3 is 29.9 Å². The quantitative estimate of drug-likeness (QED) is 0.662. The smallest absolute Gasteiger partial charge is 0.319 e. The number of urea groups is 1. The topological polar surface area (TPSA) is 100 Å². The van der Waals surface area contributed by atoms with Crippen molar-refractivity contribution in [2.75, 3.05) is 39.2 Å². The summed E-state index contributed by atoms with van der Waals surface area (Å²) in [4.78, 5) is 42.2. The predicted octanol–water partition coefficient (Wildman–Crippen LogP) is 3.35. The first kappa shape index (κ1) is 26.8. The molecule has 0 spiro atoms. The van der Waals surface area contributed by atoms with E-state index in [1.165, 1.54) is 0 Å². The molecule has 0 aromatic heterocycles. The number of likely N-dealkylation sites (N-methyl/N-ethyl adjacent to an activating group) is 1. The van der Waals surface area contributed by atoms with Gasteiger partial charge in [-0.1, -0.05) is 6.92 Å². The molecular formula is C26H40N4O5. The number of rotatable bonds is 5. The molecule has 1 aromatic rings. The molecule has 3 rings (SSSR count). The maximum absolute atomic E-state index is 13.4. The van der Waals surface area contributed by atoms with E-state index in [0.717, 1.165) is 12.8 Å². The molecule has 9 heteroatoms. The number of methoxy groups -OCH3 is 1. The van der Waals surface area contributed by atoms with Crippen LogP contribution in [0.3, 0.4) is 0 Å². The van der Waals surface area contributed by atoms with Gasteiger partial charge in [0.15, 0.2) is 0 Å². The van der Waals surface area contributed by atoms with E-state index in [9.17, 15) is 14.4 Å². The van der Waals surface area contributed by atoms with Gasteiger partial charge in [-0.2, -0.15) is 0 Å². The van der Waals surface area contributed by atoms with E-state index in [2.05, 4.69) is 10.6 Å². The van der Waals surface area contributed by atoms with Crippen LogP contribution in [0, 0.1) is 11.8 Å². The minimum absolute atomic E-state index is 0.0181. The van der Waals surface area contributed by atoms with Crippen molar-refractivity contribution in [1.29, 1.82) is 0 Å². The van der Waals surface area contributed by atoms with Crippen LogP contribution in [-0.2, 0) is 9.53 Å². The Kier molecular flexibility index (Phi) is 8.99.